The number of methoxy groups -OCH3 is 2. The molecule has 0 atom stereocenters. The second kappa shape index (κ2) is 3.87. The Morgan fingerprint density at radius 2 is 2.08 bits per heavy atom. The van der Waals surface area contributed by atoms with Gasteiger partial charge in [0.1, 0.15) is 5.76 Å². The lowest BCUT2D eigenvalue weighted by atomic mass is 10.0. The van der Waals surface area contributed by atoms with Crippen molar-refractivity contribution in [3.05, 3.63) is 23.2 Å². The van der Waals surface area contributed by atoms with Gasteiger partial charge in [-0.2, -0.15) is 0 Å². The number of hydrogen-bond acceptors (Lipinski definition) is 2. The molecule has 1 aliphatic rings. The molecule has 0 N–H and O–H groups in total. The Labute approximate surface area is 72.9 Å². The van der Waals surface area contributed by atoms with Crippen LogP contribution >= 0.6 is 0 Å². The van der Waals surface area contributed by atoms with E-state index in [2.05, 4.69) is 5.92 Å². The quantitative estimate of drug-likeness (QED) is 0.580. The summed E-state index contributed by atoms with van der Waals surface area (Å²) in [7, 11) is 3.26. The average Bonchev–Trinajstić information content (AvgIpc) is 2.16. The van der Waals surface area contributed by atoms with Gasteiger partial charge in [0, 0.05) is 12.0 Å². The first kappa shape index (κ1) is 8.73. The van der Waals surface area contributed by atoms with Crippen LogP contribution in [0.1, 0.15) is 12.8 Å². The summed E-state index contributed by atoms with van der Waals surface area (Å²) >= 11 is 0. The highest BCUT2D eigenvalue weighted by molar-refractivity contribution is 5.36. The lowest BCUT2D eigenvalue weighted by molar-refractivity contribution is 0.218. The summed E-state index contributed by atoms with van der Waals surface area (Å²) in [5, 5.41) is 0. The van der Waals surface area contributed by atoms with Gasteiger partial charge in [0.15, 0.2) is 5.76 Å². The van der Waals surface area contributed by atoms with E-state index in [1.807, 2.05) is 6.08 Å². The Morgan fingerprint density at radius 3 is 2.58 bits per heavy atom. The molecular formula is C10H12O2. The topological polar surface area (TPSA) is 18.5 Å². The normalized spacial score (nSPS) is 16.6. The van der Waals surface area contributed by atoms with Crippen molar-refractivity contribution in [2.45, 2.75) is 12.8 Å². The lowest BCUT2D eigenvalue weighted by Gasteiger charge is -2.15. The Kier molecular flexibility index (Phi) is 2.82. The number of ether oxygens (including phenoxy) is 2. The van der Waals surface area contributed by atoms with Crippen LogP contribution in [0.3, 0.4) is 0 Å². The minimum absolute atomic E-state index is 0.747. The largest absolute Gasteiger partial charge is 0.497 e. The van der Waals surface area contributed by atoms with Gasteiger partial charge in [-0.25, -0.2) is 0 Å². The molecule has 0 saturated heterocycles. The molecule has 0 fully saturated rings. The molecule has 0 aromatic rings. The Morgan fingerprint density at radius 1 is 1.33 bits per heavy atom. The smallest absolute Gasteiger partial charge is 0.157 e. The van der Waals surface area contributed by atoms with Crippen molar-refractivity contribution in [1.82, 2.24) is 0 Å². The molecule has 0 radical (unpaired) electrons. The Hall–Kier alpha value is -1.36. The summed E-state index contributed by atoms with van der Waals surface area (Å²) in [4.78, 5) is 0. The van der Waals surface area contributed by atoms with Gasteiger partial charge in [-0.3, -0.25) is 0 Å². The van der Waals surface area contributed by atoms with E-state index in [0.29, 0.717) is 0 Å². The van der Waals surface area contributed by atoms with Gasteiger partial charge in [0.25, 0.3) is 0 Å². The van der Waals surface area contributed by atoms with Crippen LogP contribution in [0.2, 0.25) is 0 Å². The number of hydrogen-bond donors (Lipinski definition) is 0. The molecule has 12 heavy (non-hydrogen) atoms. The molecule has 2 nitrogen and oxygen atoms in total. The summed E-state index contributed by atoms with van der Waals surface area (Å²) in [6, 6.07) is 0. The van der Waals surface area contributed by atoms with Crippen LogP contribution in [0.5, 0.6) is 0 Å². The van der Waals surface area contributed by atoms with E-state index >= 15 is 0 Å². The summed E-state index contributed by atoms with van der Waals surface area (Å²) in [6.07, 6.45) is 8.82. The molecule has 0 saturated carbocycles. The lowest BCUT2D eigenvalue weighted by Crippen LogP contribution is -2.01. The molecule has 0 unspecified atom stereocenters. The van der Waals surface area contributed by atoms with Gasteiger partial charge in [-0.15, -0.1) is 6.42 Å². The van der Waals surface area contributed by atoms with Crippen LogP contribution in [0.4, 0.5) is 0 Å². The third-order valence-electron chi connectivity index (χ3n) is 1.85. The molecule has 0 aromatic heterocycles. The molecule has 0 aromatic carbocycles. The minimum atomic E-state index is 0.747. The third kappa shape index (κ3) is 1.62. The first-order chi connectivity index (χ1) is 5.81. The van der Waals surface area contributed by atoms with Crippen LogP contribution in [0.15, 0.2) is 23.2 Å². The maximum absolute atomic E-state index is 5.27. The fourth-order valence-corrected chi connectivity index (χ4v) is 1.17. The summed E-state index contributed by atoms with van der Waals surface area (Å²) in [5.41, 5.74) is 0.965. The van der Waals surface area contributed by atoms with Crippen molar-refractivity contribution < 1.29 is 9.47 Å². The summed E-state index contributed by atoms with van der Waals surface area (Å²) < 4.78 is 10.2. The Balaban J connectivity index is 2.91. The molecule has 0 aliphatic heterocycles. The highest BCUT2D eigenvalue weighted by atomic mass is 16.5. The van der Waals surface area contributed by atoms with Crippen LogP contribution in [-0.2, 0) is 9.47 Å². The van der Waals surface area contributed by atoms with Gasteiger partial charge in [0.2, 0.25) is 0 Å². The van der Waals surface area contributed by atoms with E-state index < -0.39 is 0 Å². The van der Waals surface area contributed by atoms with Crippen molar-refractivity contribution in [2.24, 2.45) is 0 Å². The average molecular weight is 164 g/mol. The third-order valence-corrected chi connectivity index (χ3v) is 1.85. The molecular weight excluding hydrogens is 152 g/mol. The number of allylic oxidation sites excluding steroid dienone is 3. The highest BCUT2D eigenvalue weighted by Crippen LogP contribution is 2.23. The first-order valence-electron chi connectivity index (χ1n) is 3.80. The maximum Gasteiger partial charge on any atom is 0.157 e. The second-order valence-electron chi connectivity index (χ2n) is 2.51. The highest BCUT2D eigenvalue weighted by Gasteiger charge is 2.12. The molecule has 0 bridgehead atoms. The summed E-state index contributed by atoms with van der Waals surface area (Å²) in [5.74, 6) is 4.22. The van der Waals surface area contributed by atoms with Crippen molar-refractivity contribution >= 4 is 0 Å². The van der Waals surface area contributed by atoms with Crippen LogP contribution in [0, 0.1) is 12.3 Å². The van der Waals surface area contributed by atoms with E-state index in [1.165, 1.54) is 0 Å². The standard InChI is InChI=1S/C10H12O2/c1-4-8-5-6-9(11-2)10(7-8)12-3/h1,7H,5-6H2,2-3H3. The van der Waals surface area contributed by atoms with Crippen molar-refractivity contribution in [3.63, 3.8) is 0 Å². The van der Waals surface area contributed by atoms with E-state index in [-0.39, 0.29) is 0 Å². The monoisotopic (exact) mass is 164 g/mol. The van der Waals surface area contributed by atoms with E-state index in [4.69, 9.17) is 15.9 Å². The van der Waals surface area contributed by atoms with Crippen LogP contribution in [-0.4, -0.2) is 14.2 Å². The van der Waals surface area contributed by atoms with Gasteiger partial charge in [-0.05, 0) is 12.5 Å². The summed E-state index contributed by atoms with van der Waals surface area (Å²) in [6.45, 7) is 0. The predicted molar refractivity (Wildman–Crippen MR) is 47.2 cm³/mol. The predicted octanol–water partition coefficient (Wildman–Crippen LogP) is 1.84. The zero-order valence-corrected chi connectivity index (χ0v) is 7.39. The fraction of sp³-hybridized carbons (Fsp3) is 0.400. The zero-order chi connectivity index (χ0) is 8.97. The van der Waals surface area contributed by atoms with E-state index in [9.17, 15) is 0 Å². The van der Waals surface area contributed by atoms with Crippen LogP contribution < -0.4 is 0 Å². The molecule has 1 aliphatic carbocycles. The Bertz CT molecular complexity index is 266. The van der Waals surface area contributed by atoms with Crippen molar-refractivity contribution in [1.29, 1.82) is 0 Å². The fourth-order valence-electron chi connectivity index (χ4n) is 1.17. The molecule has 2 heteroatoms. The van der Waals surface area contributed by atoms with Crippen molar-refractivity contribution in [3.8, 4) is 12.3 Å². The number of rotatable bonds is 2. The van der Waals surface area contributed by atoms with Gasteiger partial charge < -0.3 is 9.47 Å². The molecule has 0 heterocycles. The van der Waals surface area contributed by atoms with Gasteiger partial charge in [0.05, 0.1) is 14.2 Å². The minimum Gasteiger partial charge on any atom is -0.497 e. The molecule has 0 amide bonds. The second-order valence-corrected chi connectivity index (χ2v) is 2.51. The van der Waals surface area contributed by atoms with E-state index in [1.54, 1.807) is 14.2 Å². The van der Waals surface area contributed by atoms with Crippen LogP contribution in [0.25, 0.3) is 0 Å². The van der Waals surface area contributed by atoms with Crippen molar-refractivity contribution in [2.75, 3.05) is 14.2 Å². The number of terminal acetylenes is 1. The molecule has 0 spiro atoms. The molecule has 64 valence electrons. The van der Waals surface area contributed by atoms with Gasteiger partial charge in [-0.1, -0.05) is 5.92 Å². The van der Waals surface area contributed by atoms with E-state index in [0.717, 1.165) is 29.9 Å². The van der Waals surface area contributed by atoms with Gasteiger partial charge >= 0.3 is 0 Å². The SMILES string of the molecule is C#CC1=CC(OC)=C(OC)CC1. The maximum atomic E-state index is 5.27. The first-order valence-corrected chi connectivity index (χ1v) is 3.80. The molecule has 1 rings (SSSR count). The zero-order valence-electron chi connectivity index (χ0n) is 7.39.